The van der Waals surface area contributed by atoms with E-state index < -0.39 is 23.5 Å². The van der Waals surface area contributed by atoms with Crippen LogP contribution >= 0.6 is 11.3 Å². The number of amides is 1. The van der Waals surface area contributed by atoms with Gasteiger partial charge in [0.25, 0.3) is 5.91 Å². The number of thiazole rings is 1. The van der Waals surface area contributed by atoms with Crippen LogP contribution in [0.2, 0.25) is 0 Å². The van der Waals surface area contributed by atoms with Gasteiger partial charge in [-0.2, -0.15) is 0 Å². The standard InChI is InChI=1S/C30H24N2O5S/c1-3-14-36-20-11-9-18(10-12-20)26-25(27(33)23-16-19-6-4-5-7-22(19)37-23)28(34)29(35)32(26)30-31-21-13-8-17(2)15-24(21)38-30/h4-13,15-16,26,34H,3,14H2,1-2H3/t26-/m0/s1. The maximum atomic E-state index is 13.8. The third kappa shape index (κ3) is 4.03. The number of aryl methyl sites for hydroxylation is 1. The van der Waals surface area contributed by atoms with Crippen molar-refractivity contribution < 1.29 is 23.8 Å². The van der Waals surface area contributed by atoms with Crippen molar-refractivity contribution in [3.05, 3.63) is 101 Å². The molecule has 2 aromatic heterocycles. The van der Waals surface area contributed by atoms with Crippen LogP contribution in [-0.2, 0) is 4.79 Å². The lowest BCUT2D eigenvalue weighted by molar-refractivity contribution is -0.117. The summed E-state index contributed by atoms with van der Waals surface area (Å²) in [6, 6.07) is 21.1. The van der Waals surface area contributed by atoms with E-state index in [4.69, 9.17) is 9.15 Å². The van der Waals surface area contributed by atoms with Crippen molar-refractivity contribution in [1.82, 2.24) is 4.98 Å². The Bertz CT molecular complexity index is 1700. The lowest BCUT2D eigenvalue weighted by atomic mass is 9.95. The molecule has 0 saturated carbocycles. The van der Waals surface area contributed by atoms with E-state index in [1.807, 2.05) is 50.2 Å². The molecule has 190 valence electrons. The van der Waals surface area contributed by atoms with Gasteiger partial charge in [-0.15, -0.1) is 0 Å². The van der Waals surface area contributed by atoms with Gasteiger partial charge in [-0.05, 0) is 60.9 Å². The molecule has 0 aliphatic carbocycles. The highest BCUT2D eigenvalue weighted by atomic mass is 32.1. The highest BCUT2D eigenvalue weighted by Gasteiger charge is 2.46. The van der Waals surface area contributed by atoms with Gasteiger partial charge in [-0.1, -0.05) is 54.7 Å². The lowest BCUT2D eigenvalue weighted by Crippen LogP contribution is -2.30. The summed E-state index contributed by atoms with van der Waals surface area (Å²) < 4.78 is 12.4. The molecule has 38 heavy (non-hydrogen) atoms. The quantitative estimate of drug-likeness (QED) is 0.232. The van der Waals surface area contributed by atoms with E-state index in [1.165, 1.54) is 16.2 Å². The fraction of sp³-hybridized carbons (Fsp3) is 0.167. The third-order valence-corrected chi connectivity index (χ3v) is 7.53. The normalized spacial score (nSPS) is 15.7. The molecule has 0 unspecified atom stereocenters. The molecule has 1 amide bonds. The molecule has 6 rings (SSSR count). The first kappa shape index (κ1) is 23.9. The molecule has 0 radical (unpaired) electrons. The number of aliphatic hydroxyl groups is 1. The Balaban J connectivity index is 1.47. The Morgan fingerprint density at radius 1 is 1.11 bits per heavy atom. The van der Waals surface area contributed by atoms with E-state index >= 15 is 0 Å². The van der Waals surface area contributed by atoms with Gasteiger partial charge in [-0.25, -0.2) is 4.98 Å². The number of benzene rings is 3. The summed E-state index contributed by atoms with van der Waals surface area (Å²) >= 11 is 1.34. The molecule has 0 spiro atoms. The van der Waals surface area contributed by atoms with Crippen molar-refractivity contribution in [2.45, 2.75) is 26.3 Å². The van der Waals surface area contributed by atoms with Crippen molar-refractivity contribution in [1.29, 1.82) is 0 Å². The van der Waals surface area contributed by atoms with E-state index in [0.29, 0.717) is 28.6 Å². The molecule has 1 aliphatic rings. The second-order valence-electron chi connectivity index (χ2n) is 9.20. The zero-order valence-electron chi connectivity index (χ0n) is 20.8. The predicted octanol–water partition coefficient (Wildman–Crippen LogP) is 6.92. The minimum Gasteiger partial charge on any atom is -0.503 e. The molecule has 0 bridgehead atoms. The minimum atomic E-state index is -0.898. The number of Topliss-reactive ketones (excluding diaryl/α,β-unsaturated/α-hetero) is 1. The van der Waals surface area contributed by atoms with Gasteiger partial charge in [0.2, 0.25) is 5.78 Å². The number of anilines is 1. The Hall–Kier alpha value is -4.43. The van der Waals surface area contributed by atoms with E-state index in [0.717, 1.165) is 27.6 Å². The topological polar surface area (TPSA) is 92.9 Å². The van der Waals surface area contributed by atoms with Crippen LogP contribution in [0.5, 0.6) is 5.75 Å². The van der Waals surface area contributed by atoms with Crippen LogP contribution in [0.25, 0.3) is 21.2 Å². The van der Waals surface area contributed by atoms with Gasteiger partial charge in [0, 0.05) is 5.39 Å². The van der Waals surface area contributed by atoms with Crippen molar-refractivity contribution >= 4 is 49.3 Å². The van der Waals surface area contributed by atoms with Crippen molar-refractivity contribution in [2.75, 3.05) is 11.5 Å². The number of hydrogen-bond donors (Lipinski definition) is 1. The maximum Gasteiger partial charge on any atom is 0.296 e. The van der Waals surface area contributed by atoms with E-state index in [-0.39, 0.29) is 11.3 Å². The van der Waals surface area contributed by atoms with Crippen molar-refractivity contribution in [3.8, 4) is 5.75 Å². The van der Waals surface area contributed by atoms with Crippen LogP contribution in [0, 0.1) is 6.92 Å². The molecule has 8 heteroatoms. The molecule has 3 heterocycles. The van der Waals surface area contributed by atoms with Gasteiger partial charge in [0.05, 0.1) is 28.4 Å². The van der Waals surface area contributed by atoms with Gasteiger partial charge < -0.3 is 14.3 Å². The number of ether oxygens (including phenoxy) is 1. The van der Waals surface area contributed by atoms with Crippen LogP contribution in [0.1, 0.15) is 41.1 Å². The number of para-hydroxylation sites is 1. The predicted molar refractivity (Wildman–Crippen MR) is 147 cm³/mol. The number of rotatable bonds is 7. The molecule has 7 nitrogen and oxygen atoms in total. The highest BCUT2D eigenvalue weighted by Crippen LogP contribution is 2.44. The number of furan rings is 1. The summed E-state index contributed by atoms with van der Waals surface area (Å²) in [5.41, 5.74) is 2.95. The van der Waals surface area contributed by atoms with Crippen molar-refractivity contribution in [2.24, 2.45) is 0 Å². The number of fused-ring (bicyclic) bond motifs is 2. The fourth-order valence-corrected chi connectivity index (χ4v) is 5.76. The van der Waals surface area contributed by atoms with Crippen LogP contribution < -0.4 is 9.64 Å². The molecule has 5 aromatic rings. The number of nitrogens with zero attached hydrogens (tertiary/aromatic N) is 2. The highest BCUT2D eigenvalue weighted by molar-refractivity contribution is 7.22. The Morgan fingerprint density at radius 3 is 2.66 bits per heavy atom. The second kappa shape index (κ2) is 9.46. The van der Waals surface area contributed by atoms with E-state index in [1.54, 1.807) is 36.4 Å². The SMILES string of the molecule is CCCOc1ccc([C@H]2C(C(=O)c3cc4ccccc4o3)=C(O)C(=O)N2c2nc3ccc(C)cc3s2)cc1. The smallest absolute Gasteiger partial charge is 0.296 e. The summed E-state index contributed by atoms with van der Waals surface area (Å²) in [6.45, 7) is 4.59. The molecular formula is C30H24N2O5S. The molecular weight excluding hydrogens is 500 g/mol. The molecule has 3 aromatic carbocycles. The average molecular weight is 525 g/mol. The zero-order valence-corrected chi connectivity index (χ0v) is 21.6. The average Bonchev–Trinajstić information content (AvgIpc) is 3.61. The van der Waals surface area contributed by atoms with Crippen molar-refractivity contribution in [3.63, 3.8) is 0 Å². The first-order chi connectivity index (χ1) is 18.4. The number of hydrogen-bond acceptors (Lipinski definition) is 7. The van der Waals surface area contributed by atoms with Crippen LogP contribution in [-0.4, -0.2) is 28.4 Å². The van der Waals surface area contributed by atoms with Gasteiger partial charge in [-0.3, -0.25) is 14.5 Å². The van der Waals surface area contributed by atoms with Gasteiger partial charge >= 0.3 is 0 Å². The van der Waals surface area contributed by atoms with E-state index in [9.17, 15) is 14.7 Å². The summed E-state index contributed by atoms with van der Waals surface area (Å²) in [6.07, 6.45) is 0.872. The minimum absolute atomic E-state index is 0.0493. The molecule has 1 N–H and O–H groups in total. The Morgan fingerprint density at radius 2 is 1.89 bits per heavy atom. The second-order valence-corrected chi connectivity index (χ2v) is 10.2. The molecule has 0 saturated heterocycles. The van der Waals surface area contributed by atoms with Crippen LogP contribution in [0.4, 0.5) is 5.13 Å². The summed E-state index contributed by atoms with van der Waals surface area (Å²) in [5.74, 6) is -1.11. The first-order valence-electron chi connectivity index (χ1n) is 12.3. The summed E-state index contributed by atoms with van der Waals surface area (Å²) in [7, 11) is 0. The maximum absolute atomic E-state index is 13.8. The lowest BCUT2D eigenvalue weighted by Gasteiger charge is -2.24. The zero-order chi connectivity index (χ0) is 26.4. The number of carbonyl (C=O) groups is 2. The molecule has 1 atom stereocenters. The van der Waals surface area contributed by atoms with Crippen LogP contribution in [0.15, 0.2) is 88.5 Å². The molecule has 0 fully saturated rings. The van der Waals surface area contributed by atoms with Gasteiger partial charge in [0.1, 0.15) is 11.3 Å². The number of aromatic nitrogens is 1. The Labute approximate surface area is 222 Å². The van der Waals surface area contributed by atoms with E-state index in [2.05, 4.69) is 4.98 Å². The first-order valence-corrected chi connectivity index (χ1v) is 13.2. The number of aliphatic hydroxyl groups excluding tert-OH is 1. The number of ketones is 1. The van der Waals surface area contributed by atoms with Crippen LogP contribution in [0.3, 0.4) is 0 Å². The largest absolute Gasteiger partial charge is 0.503 e. The Kier molecular flexibility index (Phi) is 5.96. The summed E-state index contributed by atoms with van der Waals surface area (Å²) in [4.78, 5) is 33.4. The third-order valence-electron chi connectivity index (χ3n) is 6.51. The molecule has 1 aliphatic heterocycles. The fourth-order valence-electron chi connectivity index (χ4n) is 4.67. The monoisotopic (exact) mass is 524 g/mol. The van der Waals surface area contributed by atoms with Gasteiger partial charge in [0.15, 0.2) is 16.7 Å². The number of carbonyl (C=O) groups excluding carboxylic acids is 2. The summed E-state index contributed by atoms with van der Waals surface area (Å²) in [5, 5.41) is 12.2.